The number of carbonyl (C=O) groups is 1. The Morgan fingerprint density at radius 1 is 1.00 bits per heavy atom. The molecular formula is C19H17F2N5O. The second-order valence-corrected chi connectivity index (χ2v) is 5.94. The van der Waals surface area contributed by atoms with Gasteiger partial charge in [0.25, 0.3) is 5.91 Å². The van der Waals surface area contributed by atoms with Crippen molar-refractivity contribution in [3.8, 4) is 0 Å². The van der Waals surface area contributed by atoms with Gasteiger partial charge in [0.05, 0.1) is 11.3 Å². The highest BCUT2D eigenvalue weighted by Gasteiger charge is 2.10. The summed E-state index contributed by atoms with van der Waals surface area (Å²) in [7, 11) is 3.86. The first-order chi connectivity index (χ1) is 12.9. The highest BCUT2D eigenvalue weighted by Crippen LogP contribution is 2.19. The molecule has 1 aromatic heterocycles. The maximum atomic E-state index is 13.6. The van der Waals surface area contributed by atoms with Gasteiger partial charge in [-0.25, -0.2) is 18.7 Å². The Morgan fingerprint density at radius 2 is 1.67 bits per heavy atom. The molecule has 0 atom stereocenters. The van der Waals surface area contributed by atoms with E-state index >= 15 is 0 Å². The number of hydrogen-bond acceptors (Lipinski definition) is 5. The number of nitrogens with one attached hydrogen (secondary N) is 2. The van der Waals surface area contributed by atoms with Gasteiger partial charge in [0, 0.05) is 43.9 Å². The normalized spacial score (nSPS) is 10.4. The summed E-state index contributed by atoms with van der Waals surface area (Å²) in [5.41, 5.74) is 1.94. The molecule has 0 aliphatic carbocycles. The summed E-state index contributed by atoms with van der Waals surface area (Å²) in [5, 5.41) is 5.38. The van der Waals surface area contributed by atoms with Gasteiger partial charge < -0.3 is 15.5 Å². The summed E-state index contributed by atoms with van der Waals surface area (Å²) >= 11 is 0. The van der Waals surface area contributed by atoms with Crippen molar-refractivity contribution in [3.05, 3.63) is 72.1 Å². The molecule has 1 amide bonds. The van der Waals surface area contributed by atoms with Crippen molar-refractivity contribution in [2.45, 2.75) is 0 Å². The van der Waals surface area contributed by atoms with Gasteiger partial charge in [0.15, 0.2) is 0 Å². The molecule has 0 spiro atoms. The quantitative estimate of drug-likeness (QED) is 0.716. The number of amides is 1. The molecule has 138 valence electrons. The van der Waals surface area contributed by atoms with Crippen molar-refractivity contribution < 1.29 is 13.6 Å². The molecule has 2 aromatic carbocycles. The zero-order valence-electron chi connectivity index (χ0n) is 14.7. The standard InChI is InChI=1S/C19H17F2N5O/c1-26(2)15-6-4-14(5-7-15)24-18(27)12-10-22-19(23-11-12)25-17-8-3-13(20)9-16(17)21/h3-11H,1-2H3,(H,24,27)(H,22,23,25). The summed E-state index contributed by atoms with van der Waals surface area (Å²) in [4.78, 5) is 22.2. The number of benzene rings is 2. The van der Waals surface area contributed by atoms with E-state index in [1.165, 1.54) is 18.5 Å². The molecule has 0 saturated carbocycles. The van der Waals surface area contributed by atoms with Crippen molar-refractivity contribution >= 4 is 28.9 Å². The maximum absolute atomic E-state index is 13.6. The number of anilines is 4. The van der Waals surface area contributed by atoms with E-state index in [2.05, 4.69) is 20.6 Å². The molecule has 3 rings (SSSR count). The summed E-state index contributed by atoms with van der Waals surface area (Å²) in [6, 6.07) is 10.5. The van der Waals surface area contributed by atoms with Gasteiger partial charge in [0.1, 0.15) is 11.6 Å². The largest absolute Gasteiger partial charge is 0.378 e. The molecule has 3 aromatic rings. The predicted molar refractivity (Wildman–Crippen MR) is 100 cm³/mol. The minimum atomic E-state index is -0.762. The zero-order valence-corrected chi connectivity index (χ0v) is 14.7. The van der Waals surface area contributed by atoms with E-state index in [1.54, 1.807) is 12.1 Å². The molecule has 8 heteroatoms. The molecule has 0 radical (unpaired) electrons. The molecule has 0 aliphatic heterocycles. The minimum Gasteiger partial charge on any atom is -0.378 e. The third-order valence-corrected chi connectivity index (χ3v) is 3.73. The molecule has 2 N–H and O–H groups in total. The number of rotatable bonds is 5. The van der Waals surface area contributed by atoms with Crippen LogP contribution in [0, 0.1) is 11.6 Å². The van der Waals surface area contributed by atoms with Crippen molar-refractivity contribution in [1.29, 1.82) is 0 Å². The summed E-state index contributed by atoms with van der Waals surface area (Å²) in [6.45, 7) is 0. The van der Waals surface area contributed by atoms with Gasteiger partial charge in [-0.2, -0.15) is 0 Å². The molecule has 1 heterocycles. The lowest BCUT2D eigenvalue weighted by molar-refractivity contribution is 0.102. The number of carbonyl (C=O) groups excluding carboxylic acids is 1. The van der Waals surface area contributed by atoms with Crippen molar-refractivity contribution in [2.75, 3.05) is 29.6 Å². The van der Waals surface area contributed by atoms with Crippen LogP contribution in [0.5, 0.6) is 0 Å². The van der Waals surface area contributed by atoms with Crippen molar-refractivity contribution in [2.24, 2.45) is 0 Å². The van der Waals surface area contributed by atoms with Crippen LogP contribution in [0.25, 0.3) is 0 Å². The average Bonchev–Trinajstić information content (AvgIpc) is 2.65. The van der Waals surface area contributed by atoms with Gasteiger partial charge in [-0.05, 0) is 36.4 Å². The molecule has 0 fully saturated rings. The van der Waals surface area contributed by atoms with Gasteiger partial charge in [-0.1, -0.05) is 0 Å². The fourth-order valence-corrected chi connectivity index (χ4v) is 2.27. The van der Waals surface area contributed by atoms with Gasteiger partial charge in [-0.3, -0.25) is 4.79 Å². The van der Waals surface area contributed by atoms with Gasteiger partial charge in [-0.15, -0.1) is 0 Å². The molecule has 0 aliphatic rings. The lowest BCUT2D eigenvalue weighted by atomic mass is 10.2. The number of halogens is 2. The molecule has 0 bridgehead atoms. The number of hydrogen-bond donors (Lipinski definition) is 2. The van der Waals surface area contributed by atoms with E-state index in [9.17, 15) is 13.6 Å². The third kappa shape index (κ3) is 4.55. The Morgan fingerprint density at radius 3 is 2.26 bits per heavy atom. The van der Waals surface area contributed by atoms with Crippen LogP contribution in [-0.4, -0.2) is 30.0 Å². The van der Waals surface area contributed by atoms with Crippen LogP contribution in [0.3, 0.4) is 0 Å². The number of nitrogens with zero attached hydrogens (tertiary/aromatic N) is 3. The molecule has 0 saturated heterocycles. The topological polar surface area (TPSA) is 70.2 Å². The van der Waals surface area contributed by atoms with Crippen LogP contribution < -0.4 is 15.5 Å². The maximum Gasteiger partial charge on any atom is 0.258 e. The second kappa shape index (κ2) is 7.77. The van der Waals surface area contributed by atoms with Crippen LogP contribution >= 0.6 is 0 Å². The first kappa shape index (κ1) is 18.2. The first-order valence-corrected chi connectivity index (χ1v) is 8.05. The summed E-state index contributed by atoms with van der Waals surface area (Å²) in [6.07, 6.45) is 2.64. The molecular weight excluding hydrogens is 352 g/mol. The fraction of sp³-hybridized carbons (Fsp3) is 0.105. The Labute approximate surface area is 154 Å². The molecule has 6 nitrogen and oxygen atoms in total. The fourth-order valence-electron chi connectivity index (χ4n) is 2.27. The third-order valence-electron chi connectivity index (χ3n) is 3.73. The Bertz CT molecular complexity index is 943. The van der Waals surface area contributed by atoms with E-state index in [4.69, 9.17) is 0 Å². The average molecular weight is 369 g/mol. The van der Waals surface area contributed by atoms with Crippen LogP contribution in [-0.2, 0) is 0 Å². The molecule has 27 heavy (non-hydrogen) atoms. The van der Waals surface area contributed by atoms with Crippen LogP contribution in [0.15, 0.2) is 54.9 Å². The summed E-state index contributed by atoms with van der Waals surface area (Å²) in [5.74, 6) is -1.72. The minimum absolute atomic E-state index is 0.0367. The Kier molecular flexibility index (Phi) is 5.25. The summed E-state index contributed by atoms with van der Waals surface area (Å²) < 4.78 is 26.6. The highest BCUT2D eigenvalue weighted by atomic mass is 19.1. The van der Waals surface area contributed by atoms with Crippen molar-refractivity contribution in [1.82, 2.24) is 9.97 Å². The SMILES string of the molecule is CN(C)c1ccc(NC(=O)c2cnc(Nc3ccc(F)cc3F)nc2)cc1. The number of aromatic nitrogens is 2. The van der Waals surface area contributed by atoms with Crippen molar-refractivity contribution in [3.63, 3.8) is 0 Å². The predicted octanol–water partition coefficient (Wildman–Crippen LogP) is 3.82. The van der Waals surface area contributed by atoms with Crippen LogP contribution in [0.4, 0.5) is 31.8 Å². The Hall–Kier alpha value is -3.55. The van der Waals surface area contributed by atoms with E-state index in [0.717, 1.165) is 17.8 Å². The molecule has 0 unspecified atom stereocenters. The van der Waals surface area contributed by atoms with E-state index in [0.29, 0.717) is 5.69 Å². The first-order valence-electron chi connectivity index (χ1n) is 8.05. The second-order valence-electron chi connectivity index (χ2n) is 5.94. The smallest absolute Gasteiger partial charge is 0.258 e. The van der Waals surface area contributed by atoms with E-state index in [1.807, 2.05) is 31.1 Å². The van der Waals surface area contributed by atoms with Crippen LogP contribution in [0.2, 0.25) is 0 Å². The van der Waals surface area contributed by atoms with Crippen LogP contribution in [0.1, 0.15) is 10.4 Å². The van der Waals surface area contributed by atoms with Gasteiger partial charge >= 0.3 is 0 Å². The lowest BCUT2D eigenvalue weighted by Crippen LogP contribution is -2.13. The Balaban J connectivity index is 1.66. The van der Waals surface area contributed by atoms with E-state index in [-0.39, 0.29) is 23.1 Å². The zero-order chi connectivity index (χ0) is 19.4. The lowest BCUT2D eigenvalue weighted by Gasteiger charge is -2.13. The monoisotopic (exact) mass is 369 g/mol. The van der Waals surface area contributed by atoms with E-state index < -0.39 is 11.6 Å². The highest BCUT2D eigenvalue weighted by molar-refractivity contribution is 6.04. The van der Waals surface area contributed by atoms with Gasteiger partial charge in [0.2, 0.25) is 5.95 Å².